The summed E-state index contributed by atoms with van der Waals surface area (Å²) in [6, 6.07) is 7.60. The Labute approximate surface area is 149 Å². The number of rotatable bonds is 5. The van der Waals surface area contributed by atoms with Crippen molar-refractivity contribution < 1.29 is 31.1 Å². The molecule has 142 valence electrons. The number of ether oxygens (including phenoxy) is 1. The van der Waals surface area contributed by atoms with E-state index < -0.39 is 18.6 Å². The molecule has 3 aromatic rings. The van der Waals surface area contributed by atoms with Gasteiger partial charge >= 0.3 is 12.4 Å². The number of hydrogen-bond acceptors (Lipinski definition) is 2. The van der Waals surface area contributed by atoms with Gasteiger partial charge in [-0.25, -0.2) is 9.07 Å². The number of benzene rings is 2. The van der Waals surface area contributed by atoms with Crippen LogP contribution in [0.1, 0.15) is 11.7 Å². The second-order valence-electron chi connectivity index (χ2n) is 5.60. The molecule has 3 nitrogen and oxygen atoms in total. The number of nitrogens with zero attached hydrogens (tertiary/aromatic N) is 2. The highest BCUT2D eigenvalue weighted by Crippen LogP contribution is 2.39. The SMILES string of the molecule is FC(c1ccc(-c2ccc(OC(F)(F)F)cc2)cc1)C(F)(F)n1cccn1. The summed E-state index contributed by atoms with van der Waals surface area (Å²) in [4.78, 5) is 0. The van der Waals surface area contributed by atoms with Gasteiger partial charge in [-0.15, -0.1) is 13.2 Å². The third-order valence-corrected chi connectivity index (χ3v) is 3.74. The van der Waals surface area contributed by atoms with Gasteiger partial charge in [-0.1, -0.05) is 36.4 Å². The fourth-order valence-corrected chi connectivity index (χ4v) is 2.46. The van der Waals surface area contributed by atoms with E-state index in [4.69, 9.17) is 0 Å². The molecular weight excluding hydrogens is 374 g/mol. The fraction of sp³-hybridized carbons (Fsp3) is 0.167. The molecule has 1 atom stereocenters. The molecule has 3 rings (SSSR count). The predicted octanol–water partition coefficient (Wildman–Crippen LogP) is 5.71. The van der Waals surface area contributed by atoms with Gasteiger partial charge in [0.15, 0.2) is 0 Å². The summed E-state index contributed by atoms with van der Waals surface area (Å²) in [6.45, 7) is 0. The molecule has 0 radical (unpaired) electrons. The van der Waals surface area contributed by atoms with E-state index in [1.807, 2.05) is 0 Å². The molecular formula is C18H12F6N2O. The predicted molar refractivity (Wildman–Crippen MR) is 84.8 cm³/mol. The minimum absolute atomic E-state index is 0.241. The van der Waals surface area contributed by atoms with E-state index in [9.17, 15) is 26.3 Å². The summed E-state index contributed by atoms with van der Waals surface area (Å²) in [5, 5.41) is 3.37. The molecule has 9 heteroatoms. The van der Waals surface area contributed by atoms with Crippen LogP contribution >= 0.6 is 0 Å². The van der Waals surface area contributed by atoms with Crippen molar-refractivity contribution in [1.29, 1.82) is 0 Å². The highest BCUT2D eigenvalue weighted by atomic mass is 19.4. The number of aromatic nitrogens is 2. The molecule has 2 aromatic carbocycles. The molecule has 0 saturated carbocycles. The van der Waals surface area contributed by atoms with Gasteiger partial charge in [0.25, 0.3) is 0 Å². The van der Waals surface area contributed by atoms with Gasteiger partial charge in [-0.2, -0.15) is 13.9 Å². The number of halogens is 6. The zero-order valence-electron chi connectivity index (χ0n) is 13.5. The molecule has 27 heavy (non-hydrogen) atoms. The molecule has 0 amide bonds. The lowest BCUT2D eigenvalue weighted by atomic mass is 10.0. The van der Waals surface area contributed by atoms with Crippen molar-refractivity contribution in [3.63, 3.8) is 0 Å². The van der Waals surface area contributed by atoms with E-state index in [-0.39, 0.29) is 16.0 Å². The van der Waals surface area contributed by atoms with Crippen LogP contribution in [0, 0.1) is 0 Å². The summed E-state index contributed by atoms with van der Waals surface area (Å²) in [5.41, 5.74) is 0.786. The van der Waals surface area contributed by atoms with Crippen LogP contribution in [-0.4, -0.2) is 16.1 Å². The molecule has 1 heterocycles. The third-order valence-electron chi connectivity index (χ3n) is 3.74. The summed E-state index contributed by atoms with van der Waals surface area (Å²) in [5.74, 6) is -0.384. The van der Waals surface area contributed by atoms with Crippen LogP contribution in [0.5, 0.6) is 5.75 Å². The maximum absolute atomic E-state index is 14.3. The first-order chi connectivity index (χ1) is 12.7. The lowest BCUT2D eigenvalue weighted by Crippen LogP contribution is -2.29. The van der Waals surface area contributed by atoms with E-state index in [2.05, 4.69) is 9.84 Å². The first kappa shape index (κ1) is 18.8. The van der Waals surface area contributed by atoms with Crippen molar-refractivity contribution in [2.45, 2.75) is 18.6 Å². The first-order valence-corrected chi connectivity index (χ1v) is 7.65. The molecule has 0 aliphatic rings. The molecule has 0 bridgehead atoms. The maximum Gasteiger partial charge on any atom is 0.573 e. The Morgan fingerprint density at radius 3 is 1.89 bits per heavy atom. The molecule has 0 saturated heterocycles. The van der Waals surface area contributed by atoms with Gasteiger partial charge in [0.2, 0.25) is 6.17 Å². The average molecular weight is 386 g/mol. The average Bonchev–Trinajstić information content (AvgIpc) is 3.16. The van der Waals surface area contributed by atoms with Gasteiger partial charge in [0, 0.05) is 12.4 Å². The fourth-order valence-electron chi connectivity index (χ4n) is 2.46. The molecule has 0 aliphatic carbocycles. The summed E-state index contributed by atoms with van der Waals surface area (Å²) < 4.78 is 83.0. The Hall–Kier alpha value is -2.97. The van der Waals surface area contributed by atoms with Crippen molar-refractivity contribution in [3.8, 4) is 16.9 Å². The largest absolute Gasteiger partial charge is 0.573 e. The zero-order valence-corrected chi connectivity index (χ0v) is 13.5. The van der Waals surface area contributed by atoms with Gasteiger partial charge in [-0.05, 0) is 34.9 Å². The van der Waals surface area contributed by atoms with Crippen molar-refractivity contribution >= 4 is 0 Å². The van der Waals surface area contributed by atoms with Crippen LogP contribution in [0.2, 0.25) is 0 Å². The van der Waals surface area contributed by atoms with Crippen molar-refractivity contribution in [1.82, 2.24) is 9.78 Å². The lowest BCUT2D eigenvalue weighted by Gasteiger charge is -2.21. The minimum Gasteiger partial charge on any atom is -0.406 e. The lowest BCUT2D eigenvalue weighted by molar-refractivity contribution is -0.274. The summed E-state index contributed by atoms with van der Waals surface area (Å²) >= 11 is 0. The van der Waals surface area contributed by atoms with Crippen LogP contribution in [0.4, 0.5) is 26.3 Å². The standard InChI is InChI=1S/C18H12F6N2O/c19-16(17(20,21)26-11-1-10-25-26)14-4-2-12(3-5-14)13-6-8-15(9-7-13)27-18(22,23)24/h1-11,16H. The van der Waals surface area contributed by atoms with Crippen molar-refractivity contribution in [2.75, 3.05) is 0 Å². The topological polar surface area (TPSA) is 27.1 Å². The molecule has 0 spiro atoms. The highest BCUT2D eigenvalue weighted by Gasteiger charge is 2.43. The van der Waals surface area contributed by atoms with Crippen LogP contribution in [0.3, 0.4) is 0 Å². The molecule has 1 aromatic heterocycles. The van der Waals surface area contributed by atoms with E-state index in [0.717, 1.165) is 24.5 Å². The molecule has 0 N–H and O–H groups in total. The van der Waals surface area contributed by atoms with Gasteiger partial charge in [0.05, 0.1) is 0 Å². The van der Waals surface area contributed by atoms with E-state index in [0.29, 0.717) is 11.1 Å². The third kappa shape index (κ3) is 4.24. The van der Waals surface area contributed by atoms with E-state index in [1.54, 1.807) is 0 Å². The van der Waals surface area contributed by atoms with Crippen LogP contribution in [0.25, 0.3) is 11.1 Å². The molecule has 0 fully saturated rings. The Morgan fingerprint density at radius 2 is 1.41 bits per heavy atom. The summed E-state index contributed by atoms with van der Waals surface area (Å²) in [7, 11) is 0. The van der Waals surface area contributed by atoms with Gasteiger partial charge in [-0.3, -0.25) is 0 Å². The van der Waals surface area contributed by atoms with Crippen LogP contribution in [0.15, 0.2) is 67.0 Å². The molecule has 1 unspecified atom stereocenters. The molecule has 0 aliphatic heterocycles. The second-order valence-corrected chi connectivity index (χ2v) is 5.60. The highest BCUT2D eigenvalue weighted by molar-refractivity contribution is 5.64. The Balaban J connectivity index is 1.77. The number of alkyl halides is 6. The second kappa shape index (κ2) is 6.98. The van der Waals surface area contributed by atoms with E-state index >= 15 is 0 Å². The Bertz CT molecular complexity index is 874. The van der Waals surface area contributed by atoms with Crippen molar-refractivity contribution in [2.24, 2.45) is 0 Å². The van der Waals surface area contributed by atoms with Gasteiger partial charge in [0.1, 0.15) is 5.75 Å². The Morgan fingerprint density at radius 1 is 0.852 bits per heavy atom. The smallest absolute Gasteiger partial charge is 0.406 e. The number of hydrogen-bond donors (Lipinski definition) is 0. The monoisotopic (exact) mass is 386 g/mol. The van der Waals surface area contributed by atoms with Crippen molar-refractivity contribution in [3.05, 3.63) is 72.6 Å². The maximum atomic E-state index is 14.3. The quantitative estimate of drug-likeness (QED) is 0.526. The van der Waals surface area contributed by atoms with Gasteiger partial charge < -0.3 is 4.74 Å². The van der Waals surface area contributed by atoms with Crippen LogP contribution in [-0.2, 0) is 6.05 Å². The zero-order chi connectivity index (χ0) is 19.7. The first-order valence-electron chi connectivity index (χ1n) is 7.65. The normalized spacial score (nSPS) is 13.4. The van der Waals surface area contributed by atoms with Crippen LogP contribution < -0.4 is 4.74 Å². The van der Waals surface area contributed by atoms with E-state index in [1.165, 1.54) is 42.5 Å². The Kier molecular flexibility index (Phi) is 4.86. The minimum atomic E-state index is -4.79. The summed E-state index contributed by atoms with van der Waals surface area (Å²) in [6.07, 6.45) is -5.32.